The van der Waals surface area contributed by atoms with Crippen LogP contribution in [-0.4, -0.2) is 11.1 Å². The van der Waals surface area contributed by atoms with Gasteiger partial charge in [0.15, 0.2) is 17.3 Å². The summed E-state index contributed by atoms with van der Waals surface area (Å²) >= 11 is 0. The number of carbonyl (C=O) groups excluding carboxylic acids is 1. The highest BCUT2D eigenvalue weighted by atomic mass is 19.1. The van der Waals surface area contributed by atoms with Crippen molar-refractivity contribution in [3.05, 3.63) is 71.5 Å². The highest BCUT2D eigenvalue weighted by Gasteiger charge is 2.19. The van der Waals surface area contributed by atoms with Gasteiger partial charge in [0.1, 0.15) is 23.7 Å². The highest BCUT2D eigenvalue weighted by Crippen LogP contribution is 2.25. The maximum Gasteiger partial charge on any atom is 0.254 e. The molecule has 1 amide bonds. The number of nitrogens with two attached hydrogens (primary N) is 1. The minimum absolute atomic E-state index is 0.138. The van der Waals surface area contributed by atoms with Crippen molar-refractivity contribution < 1.29 is 22.8 Å². The van der Waals surface area contributed by atoms with E-state index in [9.17, 15) is 13.6 Å². The van der Waals surface area contributed by atoms with Crippen LogP contribution in [0.15, 0.2) is 53.1 Å². The second kappa shape index (κ2) is 6.49. The summed E-state index contributed by atoms with van der Waals surface area (Å²) in [6.07, 6.45) is 0. The van der Waals surface area contributed by atoms with Crippen LogP contribution in [0.2, 0.25) is 0 Å². The van der Waals surface area contributed by atoms with E-state index in [4.69, 9.17) is 15.0 Å². The molecule has 3 rings (SSSR count). The Labute approximate surface area is 135 Å². The van der Waals surface area contributed by atoms with E-state index in [2.05, 4.69) is 5.16 Å². The number of primary amides is 1. The Morgan fingerprint density at radius 3 is 2.62 bits per heavy atom. The fourth-order valence-corrected chi connectivity index (χ4v) is 2.15. The summed E-state index contributed by atoms with van der Waals surface area (Å²) in [5.41, 5.74) is 5.58. The molecule has 3 aromatic rings. The van der Waals surface area contributed by atoms with Crippen LogP contribution in [0.25, 0.3) is 11.3 Å². The molecule has 5 nitrogen and oxygen atoms in total. The maximum absolute atomic E-state index is 14.0. The van der Waals surface area contributed by atoms with Crippen LogP contribution in [0, 0.1) is 11.6 Å². The molecule has 0 bridgehead atoms. The minimum atomic E-state index is -1.21. The molecule has 7 heteroatoms. The van der Waals surface area contributed by atoms with Gasteiger partial charge in [0.25, 0.3) is 5.91 Å². The van der Waals surface area contributed by atoms with Crippen LogP contribution in [0.4, 0.5) is 8.78 Å². The lowest BCUT2D eigenvalue weighted by molar-refractivity contribution is 0.0991. The number of aromatic nitrogens is 1. The van der Waals surface area contributed by atoms with Crippen LogP contribution in [-0.2, 0) is 6.61 Å². The van der Waals surface area contributed by atoms with E-state index in [1.807, 2.05) is 30.3 Å². The summed E-state index contributed by atoms with van der Waals surface area (Å²) in [5, 5.41) is 3.90. The molecule has 0 aliphatic heterocycles. The van der Waals surface area contributed by atoms with Gasteiger partial charge in [-0.1, -0.05) is 35.5 Å². The van der Waals surface area contributed by atoms with Crippen molar-refractivity contribution in [1.29, 1.82) is 0 Å². The van der Waals surface area contributed by atoms with Gasteiger partial charge in [0, 0.05) is 11.6 Å². The summed E-state index contributed by atoms with van der Waals surface area (Å²) in [6.45, 7) is -0.138. The van der Waals surface area contributed by atoms with E-state index in [1.165, 1.54) is 0 Å². The van der Waals surface area contributed by atoms with Gasteiger partial charge in [-0.15, -0.1) is 0 Å². The first-order valence-electron chi connectivity index (χ1n) is 6.98. The van der Waals surface area contributed by atoms with Crippen molar-refractivity contribution in [2.75, 3.05) is 0 Å². The lowest BCUT2D eigenvalue weighted by atomic mass is 10.1. The number of hydrogen-bond donors (Lipinski definition) is 1. The molecule has 2 aromatic carbocycles. The quantitative estimate of drug-likeness (QED) is 0.778. The van der Waals surface area contributed by atoms with Crippen LogP contribution in [0.3, 0.4) is 0 Å². The molecule has 1 heterocycles. The molecular weight excluding hydrogens is 318 g/mol. The van der Waals surface area contributed by atoms with Crippen LogP contribution in [0.5, 0.6) is 5.75 Å². The Bertz CT molecular complexity index is 879. The smallest absolute Gasteiger partial charge is 0.254 e. The van der Waals surface area contributed by atoms with Crippen molar-refractivity contribution in [2.45, 2.75) is 6.61 Å². The fraction of sp³-hybridized carbons (Fsp3) is 0.0588. The molecule has 122 valence electrons. The summed E-state index contributed by atoms with van der Waals surface area (Å²) in [7, 11) is 0. The molecule has 0 aliphatic rings. The third-order valence-electron chi connectivity index (χ3n) is 3.30. The first kappa shape index (κ1) is 15.7. The third-order valence-corrected chi connectivity index (χ3v) is 3.30. The average molecular weight is 330 g/mol. The van der Waals surface area contributed by atoms with E-state index in [0.29, 0.717) is 11.5 Å². The number of amides is 1. The van der Waals surface area contributed by atoms with Gasteiger partial charge in [-0.05, 0) is 12.1 Å². The number of rotatable bonds is 5. The number of carbonyl (C=O) groups is 1. The zero-order valence-electron chi connectivity index (χ0n) is 12.3. The molecule has 0 unspecified atom stereocenters. The molecule has 0 saturated carbocycles. The molecule has 0 aliphatic carbocycles. The van der Waals surface area contributed by atoms with Crippen LogP contribution < -0.4 is 10.5 Å². The van der Waals surface area contributed by atoms with E-state index < -0.39 is 23.1 Å². The van der Waals surface area contributed by atoms with Gasteiger partial charge in [0.05, 0.1) is 0 Å². The fourth-order valence-electron chi connectivity index (χ4n) is 2.15. The van der Waals surface area contributed by atoms with Crippen molar-refractivity contribution >= 4 is 5.91 Å². The summed E-state index contributed by atoms with van der Waals surface area (Å²) < 4.78 is 37.8. The van der Waals surface area contributed by atoms with Crippen molar-refractivity contribution in [3.8, 4) is 17.0 Å². The SMILES string of the molecule is NC(=O)c1c(F)ccc(OCc2cc(-c3ccccc3)no2)c1F. The van der Waals surface area contributed by atoms with E-state index in [1.54, 1.807) is 6.07 Å². The standard InChI is InChI=1S/C17H12F2N2O3/c18-12-6-7-14(16(19)15(12)17(20)22)23-9-11-8-13(21-24-11)10-4-2-1-3-5-10/h1-8H,9H2,(H2,20,22). The lowest BCUT2D eigenvalue weighted by Crippen LogP contribution is -2.16. The number of benzene rings is 2. The van der Waals surface area contributed by atoms with Gasteiger partial charge in [0.2, 0.25) is 0 Å². The first-order chi connectivity index (χ1) is 11.6. The summed E-state index contributed by atoms with van der Waals surface area (Å²) in [6, 6.07) is 13.0. The van der Waals surface area contributed by atoms with Crippen LogP contribution in [0.1, 0.15) is 16.1 Å². The first-order valence-corrected chi connectivity index (χ1v) is 6.98. The molecular formula is C17H12F2N2O3. The number of hydrogen-bond acceptors (Lipinski definition) is 4. The average Bonchev–Trinajstić information content (AvgIpc) is 3.04. The normalized spacial score (nSPS) is 10.6. The zero-order chi connectivity index (χ0) is 17.1. The lowest BCUT2D eigenvalue weighted by Gasteiger charge is -2.08. The minimum Gasteiger partial charge on any atom is -0.482 e. The molecule has 0 saturated heterocycles. The Morgan fingerprint density at radius 1 is 1.17 bits per heavy atom. The number of nitrogens with zero attached hydrogens (tertiary/aromatic N) is 1. The second-order valence-electron chi connectivity index (χ2n) is 4.93. The molecule has 0 fully saturated rings. The van der Waals surface area contributed by atoms with Crippen molar-refractivity contribution in [1.82, 2.24) is 5.16 Å². The summed E-state index contributed by atoms with van der Waals surface area (Å²) in [4.78, 5) is 11.1. The molecule has 0 atom stereocenters. The van der Waals surface area contributed by atoms with Gasteiger partial charge in [-0.25, -0.2) is 8.78 Å². The Morgan fingerprint density at radius 2 is 1.92 bits per heavy atom. The molecule has 0 radical (unpaired) electrons. The molecule has 24 heavy (non-hydrogen) atoms. The monoisotopic (exact) mass is 330 g/mol. The topological polar surface area (TPSA) is 78.4 Å². The Kier molecular flexibility index (Phi) is 4.24. The van der Waals surface area contributed by atoms with E-state index in [0.717, 1.165) is 17.7 Å². The predicted molar refractivity (Wildman–Crippen MR) is 81.1 cm³/mol. The van der Waals surface area contributed by atoms with Gasteiger partial charge >= 0.3 is 0 Å². The van der Waals surface area contributed by atoms with Crippen molar-refractivity contribution in [3.63, 3.8) is 0 Å². The van der Waals surface area contributed by atoms with Gasteiger partial charge < -0.3 is 15.0 Å². The van der Waals surface area contributed by atoms with Crippen LogP contribution >= 0.6 is 0 Å². The second-order valence-corrected chi connectivity index (χ2v) is 4.93. The highest BCUT2D eigenvalue weighted by molar-refractivity contribution is 5.93. The molecule has 0 spiro atoms. The predicted octanol–water partition coefficient (Wildman–Crippen LogP) is 3.30. The van der Waals surface area contributed by atoms with E-state index >= 15 is 0 Å². The molecule has 1 aromatic heterocycles. The van der Waals surface area contributed by atoms with Gasteiger partial charge in [-0.3, -0.25) is 4.79 Å². The van der Waals surface area contributed by atoms with Crippen molar-refractivity contribution in [2.24, 2.45) is 5.73 Å². The Balaban J connectivity index is 1.76. The number of halogens is 2. The largest absolute Gasteiger partial charge is 0.482 e. The van der Waals surface area contributed by atoms with E-state index in [-0.39, 0.29) is 12.4 Å². The number of ether oxygens (including phenoxy) is 1. The van der Waals surface area contributed by atoms with Gasteiger partial charge in [-0.2, -0.15) is 0 Å². The third kappa shape index (κ3) is 3.10. The summed E-state index contributed by atoms with van der Waals surface area (Å²) in [5.74, 6) is -3.36. The Hall–Kier alpha value is -3.22. The molecule has 2 N–H and O–H groups in total. The zero-order valence-corrected chi connectivity index (χ0v) is 12.3. The maximum atomic E-state index is 14.0.